The first-order valence-electron chi connectivity index (χ1n) is 3.17. The minimum atomic E-state index is -2.86. The lowest BCUT2D eigenvalue weighted by Crippen LogP contribution is -2.14. The molecule has 0 unspecified atom stereocenters. The van der Waals surface area contributed by atoms with Crippen molar-refractivity contribution in [1.82, 2.24) is 4.98 Å². The summed E-state index contributed by atoms with van der Waals surface area (Å²) in [6.45, 7) is 0. The summed E-state index contributed by atoms with van der Waals surface area (Å²) in [5.41, 5.74) is -1.65. The molecule has 0 amide bonds. The van der Waals surface area contributed by atoms with E-state index in [4.69, 9.17) is 5.26 Å². The molecule has 0 aliphatic heterocycles. The molecule has 3 nitrogen and oxygen atoms in total. The SMILES string of the molecule is N#Cc1cc(Br)c(C(F)F)c(=O)[nH]1. The Kier molecular flexibility index (Phi) is 2.78. The fourth-order valence-corrected chi connectivity index (χ4v) is 1.38. The highest BCUT2D eigenvalue weighted by Gasteiger charge is 2.16. The number of rotatable bonds is 1. The monoisotopic (exact) mass is 248 g/mol. The van der Waals surface area contributed by atoms with Crippen LogP contribution in [0.25, 0.3) is 0 Å². The van der Waals surface area contributed by atoms with Crippen molar-refractivity contribution in [1.29, 1.82) is 5.26 Å². The maximum Gasteiger partial charge on any atom is 0.270 e. The number of nitriles is 1. The molecule has 6 heteroatoms. The molecule has 1 heterocycles. The van der Waals surface area contributed by atoms with Crippen LogP contribution in [-0.4, -0.2) is 4.98 Å². The van der Waals surface area contributed by atoms with Gasteiger partial charge in [0.25, 0.3) is 12.0 Å². The van der Waals surface area contributed by atoms with E-state index in [9.17, 15) is 13.6 Å². The van der Waals surface area contributed by atoms with E-state index in [1.165, 1.54) is 0 Å². The molecule has 0 spiro atoms. The molecular formula is C7H3BrF2N2O. The van der Waals surface area contributed by atoms with Crippen LogP contribution >= 0.6 is 15.9 Å². The number of nitrogens with one attached hydrogen (secondary N) is 1. The molecule has 13 heavy (non-hydrogen) atoms. The van der Waals surface area contributed by atoms with Gasteiger partial charge in [0.15, 0.2) is 0 Å². The third kappa shape index (κ3) is 1.92. The van der Waals surface area contributed by atoms with Crippen LogP contribution < -0.4 is 5.56 Å². The first-order chi connectivity index (χ1) is 6.06. The number of hydrogen-bond donors (Lipinski definition) is 1. The Balaban J connectivity index is 3.43. The second-order valence-electron chi connectivity index (χ2n) is 2.19. The molecule has 68 valence electrons. The fraction of sp³-hybridized carbons (Fsp3) is 0.143. The highest BCUT2D eigenvalue weighted by Crippen LogP contribution is 2.23. The quantitative estimate of drug-likeness (QED) is 0.826. The molecule has 1 N–H and O–H groups in total. The van der Waals surface area contributed by atoms with E-state index < -0.39 is 17.5 Å². The summed E-state index contributed by atoms with van der Waals surface area (Å²) in [7, 11) is 0. The van der Waals surface area contributed by atoms with Crippen molar-refractivity contribution >= 4 is 15.9 Å². The molecule has 1 aromatic rings. The molecule has 0 aromatic carbocycles. The highest BCUT2D eigenvalue weighted by molar-refractivity contribution is 9.10. The zero-order valence-corrected chi connectivity index (χ0v) is 7.73. The lowest BCUT2D eigenvalue weighted by Gasteiger charge is -2.01. The Morgan fingerprint density at radius 2 is 2.23 bits per heavy atom. The van der Waals surface area contributed by atoms with E-state index in [-0.39, 0.29) is 10.2 Å². The predicted molar refractivity (Wildman–Crippen MR) is 44.4 cm³/mol. The standard InChI is InChI=1S/C7H3BrF2N2O/c8-4-1-3(2-11)12-7(13)5(4)6(9)10/h1,6H,(H,12,13). The van der Waals surface area contributed by atoms with Crippen molar-refractivity contribution in [3.63, 3.8) is 0 Å². The van der Waals surface area contributed by atoms with Crippen molar-refractivity contribution in [3.8, 4) is 6.07 Å². The van der Waals surface area contributed by atoms with Gasteiger partial charge in [0.05, 0.1) is 5.56 Å². The first kappa shape index (κ1) is 9.86. The summed E-state index contributed by atoms with van der Waals surface area (Å²) >= 11 is 2.79. The lowest BCUT2D eigenvalue weighted by atomic mass is 10.2. The lowest BCUT2D eigenvalue weighted by molar-refractivity contribution is 0.148. The Morgan fingerprint density at radius 1 is 1.62 bits per heavy atom. The number of alkyl halides is 2. The molecule has 0 saturated carbocycles. The van der Waals surface area contributed by atoms with Gasteiger partial charge in [0, 0.05) is 4.47 Å². The maximum atomic E-state index is 12.2. The van der Waals surface area contributed by atoms with Gasteiger partial charge in [0.2, 0.25) is 0 Å². The zero-order chi connectivity index (χ0) is 10.0. The third-order valence-electron chi connectivity index (χ3n) is 1.36. The van der Waals surface area contributed by atoms with Crippen molar-refractivity contribution < 1.29 is 8.78 Å². The Morgan fingerprint density at radius 3 is 2.62 bits per heavy atom. The molecule has 0 bridgehead atoms. The van der Waals surface area contributed by atoms with Crippen molar-refractivity contribution in [2.24, 2.45) is 0 Å². The molecule has 1 rings (SSSR count). The molecule has 0 saturated heterocycles. The average molecular weight is 249 g/mol. The van der Waals surface area contributed by atoms with Crippen LogP contribution in [-0.2, 0) is 0 Å². The molecule has 1 aromatic heterocycles. The van der Waals surface area contributed by atoms with Gasteiger partial charge < -0.3 is 4.98 Å². The zero-order valence-electron chi connectivity index (χ0n) is 6.14. The number of aromatic nitrogens is 1. The number of aromatic amines is 1. The Hall–Kier alpha value is -1.22. The summed E-state index contributed by atoms with van der Waals surface area (Å²) < 4.78 is 24.3. The summed E-state index contributed by atoms with van der Waals surface area (Å²) in [6.07, 6.45) is -2.86. The molecule has 0 aliphatic rings. The summed E-state index contributed by atoms with van der Waals surface area (Å²) in [5, 5.41) is 8.39. The van der Waals surface area contributed by atoms with Crippen molar-refractivity contribution in [3.05, 3.63) is 32.2 Å². The van der Waals surface area contributed by atoms with E-state index in [0.29, 0.717) is 0 Å². The van der Waals surface area contributed by atoms with Crippen LogP contribution in [0, 0.1) is 11.3 Å². The van der Waals surface area contributed by atoms with Crippen LogP contribution in [0.2, 0.25) is 0 Å². The number of halogens is 3. The van der Waals surface area contributed by atoms with Gasteiger partial charge in [-0.2, -0.15) is 5.26 Å². The minimum Gasteiger partial charge on any atom is -0.313 e. The topological polar surface area (TPSA) is 56.6 Å². The first-order valence-corrected chi connectivity index (χ1v) is 3.96. The van der Waals surface area contributed by atoms with E-state index in [0.717, 1.165) is 6.07 Å². The van der Waals surface area contributed by atoms with Crippen LogP contribution in [0.5, 0.6) is 0 Å². The van der Waals surface area contributed by atoms with E-state index in [1.54, 1.807) is 6.07 Å². The predicted octanol–water partition coefficient (Wildman–Crippen LogP) is 1.95. The number of hydrogen-bond acceptors (Lipinski definition) is 2. The van der Waals surface area contributed by atoms with Gasteiger partial charge in [-0.25, -0.2) is 8.78 Å². The second kappa shape index (κ2) is 3.66. The van der Waals surface area contributed by atoms with Gasteiger partial charge in [-0.3, -0.25) is 4.79 Å². The fourth-order valence-electron chi connectivity index (χ4n) is 0.802. The van der Waals surface area contributed by atoms with Gasteiger partial charge >= 0.3 is 0 Å². The summed E-state index contributed by atoms with van der Waals surface area (Å²) in [6, 6.07) is 2.79. The molecule has 0 fully saturated rings. The minimum absolute atomic E-state index is 0.0530. The summed E-state index contributed by atoms with van der Waals surface area (Å²) in [5.74, 6) is 0. The number of H-pyrrole nitrogens is 1. The van der Waals surface area contributed by atoms with Crippen LogP contribution in [0.15, 0.2) is 15.3 Å². The average Bonchev–Trinajstić information content (AvgIpc) is 2.02. The largest absolute Gasteiger partial charge is 0.313 e. The van der Waals surface area contributed by atoms with Gasteiger partial charge in [-0.15, -0.1) is 0 Å². The van der Waals surface area contributed by atoms with Gasteiger partial charge in [-0.1, -0.05) is 0 Å². The number of nitrogens with zero attached hydrogens (tertiary/aromatic N) is 1. The maximum absolute atomic E-state index is 12.2. The van der Waals surface area contributed by atoms with Crippen LogP contribution in [0.4, 0.5) is 8.78 Å². The van der Waals surface area contributed by atoms with E-state index in [2.05, 4.69) is 15.9 Å². The molecular weight excluding hydrogens is 246 g/mol. The molecule has 0 radical (unpaired) electrons. The normalized spacial score (nSPS) is 10.1. The van der Waals surface area contributed by atoms with Gasteiger partial charge in [0.1, 0.15) is 11.8 Å². The molecule has 0 aliphatic carbocycles. The van der Waals surface area contributed by atoms with E-state index >= 15 is 0 Å². The molecule has 0 atom stereocenters. The van der Waals surface area contributed by atoms with Crippen molar-refractivity contribution in [2.45, 2.75) is 6.43 Å². The Labute approximate surface area is 80.1 Å². The number of pyridine rings is 1. The van der Waals surface area contributed by atoms with Crippen molar-refractivity contribution in [2.75, 3.05) is 0 Å². The van der Waals surface area contributed by atoms with Crippen LogP contribution in [0.3, 0.4) is 0 Å². The highest BCUT2D eigenvalue weighted by atomic mass is 79.9. The van der Waals surface area contributed by atoms with Crippen LogP contribution in [0.1, 0.15) is 17.7 Å². The third-order valence-corrected chi connectivity index (χ3v) is 2.02. The smallest absolute Gasteiger partial charge is 0.270 e. The van der Waals surface area contributed by atoms with E-state index in [1.807, 2.05) is 4.98 Å². The Bertz CT molecular complexity index is 421. The van der Waals surface area contributed by atoms with Gasteiger partial charge in [-0.05, 0) is 22.0 Å². The second-order valence-corrected chi connectivity index (χ2v) is 3.04. The summed E-state index contributed by atoms with van der Waals surface area (Å²) in [4.78, 5) is 13.0.